The van der Waals surface area contributed by atoms with Gasteiger partial charge in [-0.15, -0.1) is 5.10 Å². The molecule has 2 unspecified atom stereocenters. The van der Waals surface area contributed by atoms with E-state index in [1.54, 1.807) is 4.68 Å². The Morgan fingerprint density at radius 3 is 2.94 bits per heavy atom. The predicted octanol–water partition coefficient (Wildman–Crippen LogP) is 2.29. The molecule has 1 aromatic rings. The zero-order valence-corrected chi connectivity index (χ0v) is 10.2. The number of nitrogens with one attached hydrogen (secondary N) is 1. The molecule has 0 radical (unpaired) electrons. The third-order valence-corrected chi connectivity index (χ3v) is 3.28. The summed E-state index contributed by atoms with van der Waals surface area (Å²) in [6.45, 7) is 3.16. The van der Waals surface area contributed by atoms with Crippen molar-refractivity contribution < 1.29 is 13.2 Å². The van der Waals surface area contributed by atoms with Crippen molar-refractivity contribution >= 4 is 0 Å². The monoisotopic (exact) mass is 262 g/mol. The molecule has 4 nitrogen and oxygen atoms in total. The van der Waals surface area contributed by atoms with E-state index >= 15 is 0 Å². The standard InChI is InChI=1S/C11H17F3N4/c1-2-6-18-9(7-16-17-18)10-8(11(12,13)14)4-3-5-15-10/h7-8,10,15H,2-6H2,1H3. The van der Waals surface area contributed by atoms with Gasteiger partial charge in [-0.05, 0) is 25.8 Å². The van der Waals surface area contributed by atoms with Gasteiger partial charge in [0.15, 0.2) is 0 Å². The van der Waals surface area contributed by atoms with Crippen molar-refractivity contribution in [3.63, 3.8) is 0 Å². The number of piperidine rings is 1. The van der Waals surface area contributed by atoms with Crippen LogP contribution in [0.2, 0.25) is 0 Å². The lowest BCUT2D eigenvalue weighted by Gasteiger charge is -2.33. The molecule has 1 N–H and O–H groups in total. The number of halogens is 3. The smallest absolute Gasteiger partial charge is 0.308 e. The van der Waals surface area contributed by atoms with E-state index in [2.05, 4.69) is 15.6 Å². The highest BCUT2D eigenvalue weighted by molar-refractivity contribution is 5.07. The van der Waals surface area contributed by atoms with Gasteiger partial charge in [0.05, 0.1) is 23.9 Å². The third kappa shape index (κ3) is 2.66. The Labute approximate surface area is 104 Å². The quantitative estimate of drug-likeness (QED) is 0.908. The minimum Gasteiger partial charge on any atom is -0.308 e. The van der Waals surface area contributed by atoms with Crippen LogP contribution in [0.1, 0.15) is 37.9 Å². The van der Waals surface area contributed by atoms with Gasteiger partial charge in [0, 0.05) is 6.54 Å². The molecule has 18 heavy (non-hydrogen) atoms. The van der Waals surface area contributed by atoms with E-state index in [1.807, 2.05) is 6.92 Å². The second kappa shape index (κ2) is 5.26. The zero-order chi connectivity index (χ0) is 13.2. The largest absolute Gasteiger partial charge is 0.393 e. The fraction of sp³-hybridized carbons (Fsp3) is 0.818. The molecule has 7 heteroatoms. The van der Waals surface area contributed by atoms with Crippen LogP contribution < -0.4 is 5.32 Å². The van der Waals surface area contributed by atoms with Crippen LogP contribution in [-0.2, 0) is 6.54 Å². The Morgan fingerprint density at radius 2 is 2.28 bits per heavy atom. The normalized spacial score (nSPS) is 25.3. The summed E-state index contributed by atoms with van der Waals surface area (Å²) in [6.07, 6.45) is -1.20. The van der Waals surface area contributed by atoms with Crippen LogP contribution in [0.25, 0.3) is 0 Å². The highest BCUT2D eigenvalue weighted by atomic mass is 19.4. The maximum Gasteiger partial charge on any atom is 0.393 e. The second-order valence-electron chi connectivity index (χ2n) is 4.60. The number of aryl methyl sites for hydroxylation is 1. The van der Waals surface area contributed by atoms with Crippen LogP contribution in [0.4, 0.5) is 13.2 Å². The summed E-state index contributed by atoms with van der Waals surface area (Å²) in [5.41, 5.74) is 0.541. The first-order valence-corrected chi connectivity index (χ1v) is 6.22. The van der Waals surface area contributed by atoms with E-state index < -0.39 is 18.1 Å². The molecular weight excluding hydrogens is 245 g/mol. The van der Waals surface area contributed by atoms with Crippen LogP contribution in [-0.4, -0.2) is 27.7 Å². The Morgan fingerprint density at radius 1 is 1.50 bits per heavy atom. The van der Waals surface area contributed by atoms with E-state index in [9.17, 15) is 13.2 Å². The molecule has 1 saturated heterocycles. The van der Waals surface area contributed by atoms with Gasteiger partial charge in [-0.25, -0.2) is 4.68 Å². The molecule has 0 spiro atoms. The maximum atomic E-state index is 13.0. The molecule has 1 aliphatic rings. The van der Waals surface area contributed by atoms with Crippen molar-refractivity contribution in [1.82, 2.24) is 20.3 Å². The highest BCUT2D eigenvalue weighted by Gasteiger charge is 2.47. The van der Waals surface area contributed by atoms with Gasteiger partial charge in [0.25, 0.3) is 0 Å². The lowest BCUT2D eigenvalue weighted by atomic mass is 9.88. The van der Waals surface area contributed by atoms with Gasteiger partial charge < -0.3 is 5.32 Å². The average Bonchev–Trinajstić information content (AvgIpc) is 2.77. The molecule has 2 heterocycles. The Balaban J connectivity index is 2.25. The molecule has 2 atom stereocenters. The van der Waals surface area contributed by atoms with Crippen LogP contribution in [0.3, 0.4) is 0 Å². The fourth-order valence-electron chi connectivity index (χ4n) is 2.44. The maximum absolute atomic E-state index is 13.0. The van der Waals surface area contributed by atoms with Crippen molar-refractivity contribution in [2.45, 2.75) is 44.9 Å². The van der Waals surface area contributed by atoms with E-state index in [1.165, 1.54) is 6.20 Å². The topological polar surface area (TPSA) is 42.7 Å². The van der Waals surface area contributed by atoms with Crippen molar-refractivity contribution in [3.05, 3.63) is 11.9 Å². The highest BCUT2D eigenvalue weighted by Crippen LogP contribution is 2.40. The first kappa shape index (κ1) is 13.3. The summed E-state index contributed by atoms with van der Waals surface area (Å²) in [5, 5.41) is 10.6. The molecule has 1 aliphatic heterocycles. The lowest BCUT2D eigenvalue weighted by Crippen LogP contribution is -2.42. The number of alkyl halides is 3. The minimum atomic E-state index is -4.18. The van der Waals surface area contributed by atoms with Crippen LogP contribution >= 0.6 is 0 Å². The van der Waals surface area contributed by atoms with Gasteiger partial charge >= 0.3 is 6.18 Å². The Bertz CT molecular complexity index is 388. The first-order valence-electron chi connectivity index (χ1n) is 6.22. The summed E-state index contributed by atoms with van der Waals surface area (Å²) in [7, 11) is 0. The first-order chi connectivity index (χ1) is 8.54. The van der Waals surface area contributed by atoms with Crippen molar-refractivity contribution in [3.8, 4) is 0 Å². The average molecular weight is 262 g/mol. The van der Waals surface area contributed by atoms with Crippen molar-refractivity contribution in [2.75, 3.05) is 6.54 Å². The van der Waals surface area contributed by atoms with Crippen LogP contribution in [0, 0.1) is 5.92 Å². The molecule has 0 saturated carbocycles. The number of hydrogen-bond donors (Lipinski definition) is 1. The van der Waals surface area contributed by atoms with E-state index in [4.69, 9.17) is 0 Å². The molecule has 1 fully saturated rings. The van der Waals surface area contributed by atoms with Gasteiger partial charge in [-0.1, -0.05) is 12.1 Å². The molecule has 0 aliphatic carbocycles. The number of aromatic nitrogens is 3. The fourth-order valence-corrected chi connectivity index (χ4v) is 2.44. The number of nitrogens with zero attached hydrogens (tertiary/aromatic N) is 3. The van der Waals surface area contributed by atoms with E-state index in [0.717, 1.165) is 6.42 Å². The summed E-state index contributed by atoms with van der Waals surface area (Å²) in [5.74, 6) is -1.35. The molecular formula is C11H17F3N4. The summed E-state index contributed by atoms with van der Waals surface area (Å²) >= 11 is 0. The molecule has 0 bridgehead atoms. The molecule has 0 aromatic carbocycles. The lowest BCUT2D eigenvalue weighted by molar-refractivity contribution is -0.189. The Kier molecular flexibility index (Phi) is 3.89. The van der Waals surface area contributed by atoms with E-state index in [0.29, 0.717) is 25.2 Å². The van der Waals surface area contributed by atoms with Gasteiger partial charge in [0.1, 0.15) is 0 Å². The van der Waals surface area contributed by atoms with Gasteiger partial charge in [-0.2, -0.15) is 13.2 Å². The molecule has 2 rings (SSSR count). The molecule has 102 valence electrons. The minimum absolute atomic E-state index is 0.165. The number of hydrogen-bond acceptors (Lipinski definition) is 3. The van der Waals surface area contributed by atoms with Crippen LogP contribution in [0.5, 0.6) is 0 Å². The SMILES string of the molecule is CCCn1nncc1C1NCCCC1C(F)(F)F. The van der Waals surface area contributed by atoms with Crippen molar-refractivity contribution in [2.24, 2.45) is 5.92 Å². The van der Waals surface area contributed by atoms with Crippen molar-refractivity contribution in [1.29, 1.82) is 0 Å². The third-order valence-electron chi connectivity index (χ3n) is 3.28. The molecule has 0 amide bonds. The summed E-state index contributed by atoms with van der Waals surface area (Å²) in [6, 6.07) is -0.722. The Hall–Kier alpha value is -1.11. The van der Waals surface area contributed by atoms with Gasteiger partial charge in [0.2, 0.25) is 0 Å². The summed E-state index contributed by atoms with van der Waals surface area (Å²) < 4.78 is 40.6. The second-order valence-corrected chi connectivity index (χ2v) is 4.60. The number of rotatable bonds is 3. The van der Waals surface area contributed by atoms with E-state index in [-0.39, 0.29) is 6.42 Å². The summed E-state index contributed by atoms with van der Waals surface area (Å²) in [4.78, 5) is 0. The van der Waals surface area contributed by atoms with Crippen LogP contribution in [0.15, 0.2) is 6.20 Å². The van der Waals surface area contributed by atoms with Gasteiger partial charge in [-0.3, -0.25) is 0 Å². The predicted molar refractivity (Wildman–Crippen MR) is 59.8 cm³/mol. The zero-order valence-electron chi connectivity index (χ0n) is 10.2. The molecule has 1 aromatic heterocycles.